The van der Waals surface area contributed by atoms with E-state index < -0.39 is 10.0 Å². The van der Waals surface area contributed by atoms with E-state index in [0.717, 1.165) is 17.7 Å². The number of hydrogen-bond donors (Lipinski definition) is 1. The number of hydrogen-bond acceptors (Lipinski definition) is 4. The third-order valence-corrected chi connectivity index (χ3v) is 5.71. The molecule has 0 atom stereocenters. The second-order valence-corrected chi connectivity index (χ2v) is 7.35. The van der Waals surface area contributed by atoms with Gasteiger partial charge < -0.3 is 4.42 Å². The summed E-state index contributed by atoms with van der Waals surface area (Å²) in [7, 11) is -3.19. The number of aromatic amines is 1. The second-order valence-electron chi connectivity index (χ2n) is 5.26. The Labute approximate surface area is 124 Å². The van der Waals surface area contributed by atoms with Gasteiger partial charge in [-0.3, -0.25) is 5.10 Å². The highest BCUT2D eigenvalue weighted by Crippen LogP contribution is 2.29. The van der Waals surface area contributed by atoms with Crippen LogP contribution in [0.25, 0.3) is 11.5 Å². The van der Waals surface area contributed by atoms with Crippen molar-refractivity contribution in [2.75, 3.05) is 12.3 Å². The van der Waals surface area contributed by atoms with Crippen molar-refractivity contribution in [1.29, 1.82) is 0 Å². The molecule has 0 saturated carbocycles. The summed E-state index contributed by atoms with van der Waals surface area (Å²) in [5.41, 5.74) is 2.64. The van der Waals surface area contributed by atoms with E-state index in [4.69, 9.17) is 4.42 Å². The SMILES string of the molecule is CCCCS(=O)(=O)N1CCc2[nH]nc(-c3ccco3)c2C1. The Morgan fingerprint density at radius 2 is 2.33 bits per heavy atom. The van der Waals surface area contributed by atoms with Gasteiger partial charge in [-0.05, 0) is 18.6 Å². The molecule has 0 aromatic carbocycles. The maximum atomic E-state index is 12.3. The minimum atomic E-state index is -3.19. The van der Waals surface area contributed by atoms with E-state index in [1.165, 1.54) is 0 Å². The van der Waals surface area contributed by atoms with Crippen molar-refractivity contribution in [3.8, 4) is 11.5 Å². The topological polar surface area (TPSA) is 79.2 Å². The summed E-state index contributed by atoms with van der Waals surface area (Å²) in [5, 5.41) is 7.28. The van der Waals surface area contributed by atoms with Crippen molar-refractivity contribution in [2.24, 2.45) is 0 Å². The van der Waals surface area contributed by atoms with E-state index in [9.17, 15) is 8.42 Å². The molecule has 1 aliphatic heterocycles. The summed E-state index contributed by atoms with van der Waals surface area (Å²) in [6.45, 7) is 2.88. The predicted molar refractivity (Wildman–Crippen MR) is 79.1 cm³/mol. The van der Waals surface area contributed by atoms with Crippen LogP contribution in [0.2, 0.25) is 0 Å². The fraction of sp³-hybridized carbons (Fsp3) is 0.500. The van der Waals surface area contributed by atoms with Crippen LogP contribution in [0.15, 0.2) is 22.8 Å². The molecular weight excluding hydrogens is 290 g/mol. The molecule has 0 radical (unpaired) electrons. The van der Waals surface area contributed by atoms with Gasteiger partial charge in [-0.15, -0.1) is 0 Å². The lowest BCUT2D eigenvalue weighted by Crippen LogP contribution is -2.37. The molecule has 3 heterocycles. The van der Waals surface area contributed by atoms with Crippen LogP contribution in [0.1, 0.15) is 31.0 Å². The van der Waals surface area contributed by atoms with Crippen LogP contribution < -0.4 is 0 Å². The average molecular weight is 309 g/mol. The zero-order chi connectivity index (χ0) is 14.9. The minimum Gasteiger partial charge on any atom is -0.463 e. The van der Waals surface area contributed by atoms with E-state index in [0.29, 0.717) is 37.4 Å². The number of nitrogens with zero attached hydrogens (tertiary/aromatic N) is 2. The van der Waals surface area contributed by atoms with Crippen LogP contribution in [-0.4, -0.2) is 35.2 Å². The van der Waals surface area contributed by atoms with Crippen molar-refractivity contribution in [3.05, 3.63) is 29.7 Å². The molecule has 0 bridgehead atoms. The monoisotopic (exact) mass is 309 g/mol. The fourth-order valence-corrected chi connectivity index (χ4v) is 4.19. The third kappa shape index (κ3) is 2.75. The predicted octanol–water partition coefficient (Wildman–Crippen LogP) is 2.16. The Balaban J connectivity index is 1.86. The number of unbranched alkanes of at least 4 members (excludes halogenated alkanes) is 1. The van der Waals surface area contributed by atoms with Gasteiger partial charge in [0.2, 0.25) is 10.0 Å². The number of fused-ring (bicyclic) bond motifs is 1. The highest BCUT2D eigenvalue weighted by atomic mass is 32.2. The molecule has 2 aromatic rings. The van der Waals surface area contributed by atoms with Crippen LogP contribution in [0.4, 0.5) is 0 Å². The number of H-pyrrole nitrogens is 1. The normalized spacial score (nSPS) is 16.0. The van der Waals surface area contributed by atoms with E-state index >= 15 is 0 Å². The fourth-order valence-electron chi connectivity index (χ4n) is 2.58. The third-order valence-electron chi connectivity index (χ3n) is 3.80. The quantitative estimate of drug-likeness (QED) is 0.918. The molecule has 2 aromatic heterocycles. The summed E-state index contributed by atoms with van der Waals surface area (Å²) >= 11 is 0. The van der Waals surface area contributed by atoms with Gasteiger partial charge >= 0.3 is 0 Å². The smallest absolute Gasteiger partial charge is 0.214 e. The Kier molecular flexibility index (Phi) is 3.86. The van der Waals surface area contributed by atoms with Crippen molar-refractivity contribution in [1.82, 2.24) is 14.5 Å². The molecule has 0 unspecified atom stereocenters. The van der Waals surface area contributed by atoms with Crippen LogP contribution in [0, 0.1) is 0 Å². The van der Waals surface area contributed by atoms with Gasteiger partial charge in [-0.1, -0.05) is 13.3 Å². The van der Waals surface area contributed by atoms with Crippen molar-refractivity contribution < 1.29 is 12.8 Å². The minimum absolute atomic E-state index is 0.215. The van der Waals surface area contributed by atoms with E-state index in [2.05, 4.69) is 10.2 Å². The molecule has 6 nitrogen and oxygen atoms in total. The molecule has 3 rings (SSSR count). The summed E-state index contributed by atoms with van der Waals surface area (Å²) < 4.78 is 31.6. The lowest BCUT2D eigenvalue weighted by Gasteiger charge is -2.26. The zero-order valence-electron chi connectivity index (χ0n) is 12.0. The molecular formula is C14H19N3O3S. The Morgan fingerprint density at radius 1 is 1.48 bits per heavy atom. The first-order valence-electron chi connectivity index (χ1n) is 7.19. The van der Waals surface area contributed by atoms with Gasteiger partial charge in [-0.25, -0.2) is 8.42 Å². The number of nitrogens with one attached hydrogen (secondary N) is 1. The van der Waals surface area contributed by atoms with E-state index in [-0.39, 0.29) is 5.75 Å². The van der Waals surface area contributed by atoms with Gasteiger partial charge in [0.25, 0.3) is 0 Å². The maximum absolute atomic E-state index is 12.3. The number of rotatable bonds is 5. The van der Waals surface area contributed by atoms with Crippen LogP contribution >= 0.6 is 0 Å². The Hall–Kier alpha value is -1.60. The average Bonchev–Trinajstić information content (AvgIpc) is 3.12. The molecule has 0 amide bonds. The highest BCUT2D eigenvalue weighted by Gasteiger charge is 2.30. The number of sulfonamides is 1. The summed E-state index contributed by atoms with van der Waals surface area (Å²) in [6, 6.07) is 3.63. The first kappa shape index (κ1) is 14.3. The van der Waals surface area contributed by atoms with Gasteiger partial charge in [0, 0.05) is 30.8 Å². The Bertz CT molecular complexity index is 704. The first-order valence-corrected chi connectivity index (χ1v) is 8.80. The molecule has 1 aliphatic rings. The Morgan fingerprint density at radius 3 is 3.05 bits per heavy atom. The van der Waals surface area contributed by atoms with E-state index in [1.807, 2.05) is 13.0 Å². The van der Waals surface area contributed by atoms with Gasteiger partial charge in [0.1, 0.15) is 5.69 Å². The van der Waals surface area contributed by atoms with Gasteiger partial charge in [0.15, 0.2) is 5.76 Å². The summed E-state index contributed by atoms with van der Waals surface area (Å²) in [6.07, 6.45) is 3.83. The number of aromatic nitrogens is 2. The van der Waals surface area contributed by atoms with Crippen molar-refractivity contribution in [3.63, 3.8) is 0 Å². The lowest BCUT2D eigenvalue weighted by molar-refractivity contribution is 0.389. The molecule has 21 heavy (non-hydrogen) atoms. The van der Waals surface area contributed by atoms with Gasteiger partial charge in [-0.2, -0.15) is 9.40 Å². The lowest BCUT2D eigenvalue weighted by atomic mass is 10.1. The van der Waals surface area contributed by atoms with Crippen molar-refractivity contribution in [2.45, 2.75) is 32.7 Å². The second kappa shape index (κ2) is 5.65. The van der Waals surface area contributed by atoms with Crippen LogP contribution in [0.3, 0.4) is 0 Å². The molecule has 7 heteroatoms. The standard InChI is InChI=1S/C14H19N3O3S/c1-2-3-9-21(18,19)17-7-6-12-11(10-17)14(16-15-12)13-5-4-8-20-13/h4-5,8H,2-3,6-7,9-10H2,1H3,(H,15,16). The highest BCUT2D eigenvalue weighted by molar-refractivity contribution is 7.89. The van der Waals surface area contributed by atoms with Crippen LogP contribution in [-0.2, 0) is 23.0 Å². The molecule has 0 aliphatic carbocycles. The van der Waals surface area contributed by atoms with Gasteiger partial charge in [0.05, 0.1) is 12.0 Å². The summed E-state index contributed by atoms with van der Waals surface area (Å²) in [4.78, 5) is 0. The summed E-state index contributed by atoms with van der Waals surface area (Å²) in [5.74, 6) is 0.882. The molecule has 1 N–H and O–H groups in total. The zero-order valence-corrected chi connectivity index (χ0v) is 12.8. The molecule has 0 fully saturated rings. The molecule has 114 valence electrons. The largest absolute Gasteiger partial charge is 0.463 e. The molecule has 0 saturated heterocycles. The van der Waals surface area contributed by atoms with E-state index in [1.54, 1.807) is 16.6 Å². The van der Waals surface area contributed by atoms with Crippen LogP contribution in [0.5, 0.6) is 0 Å². The van der Waals surface area contributed by atoms with Crippen molar-refractivity contribution >= 4 is 10.0 Å². The first-order chi connectivity index (χ1) is 10.1. The number of furan rings is 1. The maximum Gasteiger partial charge on any atom is 0.214 e. The molecule has 0 spiro atoms.